The van der Waals surface area contributed by atoms with Crippen molar-refractivity contribution < 1.29 is 14.1 Å². The van der Waals surface area contributed by atoms with Gasteiger partial charge in [0.2, 0.25) is 5.89 Å². The molecule has 8 heteroatoms. The van der Waals surface area contributed by atoms with E-state index in [4.69, 9.17) is 9.26 Å². The predicted molar refractivity (Wildman–Crippen MR) is 88.0 cm³/mol. The van der Waals surface area contributed by atoms with E-state index in [2.05, 4.69) is 20.4 Å². The van der Waals surface area contributed by atoms with Gasteiger partial charge in [0, 0.05) is 25.6 Å². The number of rotatable bonds is 4. The molecule has 1 N–H and O–H groups in total. The summed E-state index contributed by atoms with van der Waals surface area (Å²) in [7, 11) is 0. The molecule has 0 spiro atoms. The Kier molecular flexibility index (Phi) is 4.19. The van der Waals surface area contributed by atoms with Gasteiger partial charge in [0.15, 0.2) is 5.82 Å². The van der Waals surface area contributed by atoms with E-state index in [9.17, 15) is 4.79 Å². The summed E-state index contributed by atoms with van der Waals surface area (Å²) in [4.78, 5) is 21.4. The van der Waals surface area contributed by atoms with Crippen molar-refractivity contribution in [3.63, 3.8) is 0 Å². The second kappa shape index (κ2) is 6.64. The first-order valence-electron chi connectivity index (χ1n) is 8.33. The van der Waals surface area contributed by atoms with Crippen LogP contribution < -0.4 is 5.32 Å². The molecule has 1 aliphatic heterocycles. The van der Waals surface area contributed by atoms with Crippen LogP contribution in [0.5, 0.6) is 0 Å². The predicted octanol–water partition coefficient (Wildman–Crippen LogP) is 1.92. The average Bonchev–Trinajstić information content (AvgIpc) is 3.26. The number of aryl methyl sites for hydroxylation is 1. The zero-order valence-corrected chi connectivity index (χ0v) is 13.9. The normalized spacial score (nSPS) is 16.8. The zero-order valence-electron chi connectivity index (χ0n) is 13.9. The highest BCUT2D eigenvalue weighted by Crippen LogP contribution is 2.29. The highest BCUT2D eigenvalue weighted by Gasteiger charge is 2.31. The van der Waals surface area contributed by atoms with Crippen molar-refractivity contribution in [2.75, 3.05) is 13.2 Å². The first-order chi connectivity index (χ1) is 12.2. The van der Waals surface area contributed by atoms with Gasteiger partial charge in [-0.05, 0) is 37.8 Å². The first kappa shape index (κ1) is 15.8. The number of imidazole rings is 1. The van der Waals surface area contributed by atoms with Crippen LogP contribution in [0.2, 0.25) is 0 Å². The molecule has 1 unspecified atom stereocenters. The Morgan fingerprint density at radius 3 is 2.88 bits per heavy atom. The Bertz CT molecular complexity index is 848. The number of carbonyl (C=O) groups excluding carboxylic acids is 1. The minimum atomic E-state index is -0.345. The fourth-order valence-corrected chi connectivity index (χ4v) is 3.13. The highest BCUT2D eigenvalue weighted by molar-refractivity contribution is 5.93. The van der Waals surface area contributed by atoms with E-state index in [1.54, 1.807) is 13.1 Å². The van der Waals surface area contributed by atoms with Crippen molar-refractivity contribution in [3.8, 4) is 0 Å². The Hall–Kier alpha value is -2.74. The van der Waals surface area contributed by atoms with Crippen LogP contribution in [0.15, 0.2) is 35.1 Å². The second-order valence-corrected chi connectivity index (χ2v) is 6.17. The Morgan fingerprint density at radius 1 is 1.32 bits per heavy atom. The SMILES string of the molecule is Cc1noc(C(NC(=O)c2cn3ccccc3n2)C2CCOCC2)n1. The van der Waals surface area contributed by atoms with E-state index in [0.717, 1.165) is 18.5 Å². The molecular formula is C17H19N5O3. The molecule has 3 aromatic rings. The summed E-state index contributed by atoms with van der Waals surface area (Å²) in [5.74, 6) is 0.918. The van der Waals surface area contributed by atoms with Crippen molar-refractivity contribution in [2.45, 2.75) is 25.8 Å². The lowest BCUT2D eigenvalue weighted by atomic mass is 9.91. The maximum absolute atomic E-state index is 12.7. The number of carbonyl (C=O) groups is 1. The van der Waals surface area contributed by atoms with E-state index in [0.29, 0.717) is 30.6 Å². The van der Waals surface area contributed by atoms with Gasteiger partial charge in [-0.3, -0.25) is 4.79 Å². The van der Waals surface area contributed by atoms with Crippen LogP contribution in [0.3, 0.4) is 0 Å². The van der Waals surface area contributed by atoms with Gasteiger partial charge >= 0.3 is 0 Å². The average molecular weight is 341 g/mol. The summed E-state index contributed by atoms with van der Waals surface area (Å²) in [6.07, 6.45) is 5.23. The van der Waals surface area contributed by atoms with Crippen molar-refractivity contribution in [3.05, 3.63) is 48.0 Å². The second-order valence-electron chi connectivity index (χ2n) is 6.17. The van der Waals surface area contributed by atoms with E-state index in [1.165, 1.54) is 0 Å². The summed E-state index contributed by atoms with van der Waals surface area (Å²) in [5, 5.41) is 6.89. The molecule has 0 aromatic carbocycles. The van der Waals surface area contributed by atoms with Crippen LogP contribution in [0.4, 0.5) is 0 Å². The van der Waals surface area contributed by atoms with E-state index in [1.807, 2.05) is 28.8 Å². The summed E-state index contributed by atoms with van der Waals surface area (Å²) in [6, 6.07) is 5.29. The van der Waals surface area contributed by atoms with E-state index < -0.39 is 0 Å². The molecular weight excluding hydrogens is 322 g/mol. The third-order valence-electron chi connectivity index (χ3n) is 4.43. The molecule has 1 saturated heterocycles. The summed E-state index contributed by atoms with van der Waals surface area (Å²) in [5.41, 5.74) is 1.09. The van der Waals surface area contributed by atoms with Crippen LogP contribution in [-0.2, 0) is 4.74 Å². The molecule has 8 nitrogen and oxygen atoms in total. The number of aromatic nitrogens is 4. The highest BCUT2D eigenvalue weighted by atomic mass is 16.5. The number of hydrogen-bond donors (Lipinski definition) is 1. The minimum absolute atomic E-state index is 0.189. The van der Waals surface area contributed by atoms with Gasteiger partial charge in [0.05, 0.1) is 0 Å². The maximum Gasteiger partial charge on any atom is 0.272 e. The molecule has 3 aromatic heterocycles. The van der Waals surface area contributed by atoms with Crippen LogP contribution in [0, 0.1) is 12.8 Å². The molecule has 0 bridgehead atoms. The third kappa shape index (κ3) is 3.25. The van der Waals surface area contributed by atoms with Crippen molar-refractivity contribution >= 4 is 11.6 Å². The fourth-order valence-electron chi connectivity index (χ4n) is 3.13. The first-order valence-corrected chi connectivity index (χ1v) is 8.33. The van der Waals surface area contributed by atoms with E-state index >= 15 is 0 Å². The van der Waals surface area contributed by atoms with E-state index in [-0.39, 0.29) is 17.9 Å². The summed E-state index contributed by atoms with van der Waals surface area (Å²) < 4.78 is 12.6. The van der Waals surface area contributed by atoms with Crippen molar-refractivity contribution in [2.24, 2.45) is 5.92 Å². The quantitative estimate of drug-likeness (QED) is 0.779. The molecule has 4 heterocycles. The molecule has 0 aliphatic carbocycles. The molecule has 1 atom stereocenters. The number of nitrogens with one attached hydrogen (secondary N) is 1. The van der Waals surface area contributed by atoms with Crippen LogP contribution in [0.25, 0.3) is 5.65 Å². The van der Waals surface area contributed by atoms with Gasteiger partial charge in [-0.25, -0.2) is 4.98 Å². The third-order valence-corrected chi connectivity index (χ3v) is 4.43. The topological polar surface area (TPSA) is 94.6 Å². The van der Waals surface area contributed by atoms with Crippen LogP contribution in [0.1, 0.15) is 41.1 Å². The number of ether oxygens (including phenoxy) is 1. The van der Waals surface area contributed by atoms with Crippen LogP contribution >= 0.6 is 0 Å². The zero-order chi connectivity index (χ0) is 17.2. The number of pyridine rings is 1. The minimum Gasteiger partial charge on any atom is -0.381 e. The number of nitrogens with zero attached hydrogens (tertiary/aromatic N) is 4. The fraction of sp³-hybridized carbons (Fsp3) is 0.412. The molecule has 4 rings (SSSR count). The van der Waals surface area contributed by atoms with Crippen LogP contribution in [-0.4, -0.2) is 38.6 Å². The molecule has 25 heavy (non-hydrogen) atoms. The standard InChI is InChI=1S/C17H19N5O3/c1-11-18-17(25-21-11)15(12-5-8-24-9-6-12)20-16(23)13-10-22-7-3-2-4-14(22)19-13/h2-4,7,10,12,15H,5-6,8-9H2,1H3,(H,20,23). The van der Waals surface area contributed by atoms with Gasteiger partial charge in [-0.2, -0.15) is 4.98 Å². The Balaban J connectivity index is 1.59. The molecule has 1 aliphatic rings. The lowest BCUT2D eigenvalue weighted by molar-refractivity contribution is 0.0467. The van der Waals surface area contributed by atoms with Gasteiger partial charge in [0.25, 0.3) is 5.91 Å². The molecule has 1 fully saturated rings. The smallest absolute Gasteiger partial charge is 0.272 e. The molecule has 0 saturated carbocycles. The number of hydrogen-bond acceptors (Lipinski definition) is 6. The lowest BCUT2D eigenvalue weighted by Gasteiger charge is -2.28. The molecule has 1 amide bonds. The monoisotopic (exact) mass is 341 g/mol. The number of amides is 1. The summed E-state index contributed by atoms with van der Waals surface area (Å²) in [6.45, 7) is 3.09. The Labute approximate surface area is 144 Å². The summed E-state index contributed by atoms with van der Waals surface area (Å²) >= 11 is 0. The Morgan fingerprint density at radius 2 is 2.16 bits per heavy atom. The number of fused-ring (bicyclic) bond motifs is 1. The van der Waals surface area contributed by atoms with Gasteiger partial charge in [-0.15, -0.1) is 0 Å². The molecule has 0 radical (unpaired) electrons. The largest absolute Gasteiger partial charge is 0.381 e. The van der Waals surface area contributed by atoms with Gasteiger partial charge in [0.1, 0.15) is 17.4 Å². The van der Waals surface area contributed by atoms with Crippen molar-refractivity contribution in [1.29, 1.82) is 0 Å². The van der Waals surface area contributed by atoms with Crippen molar-refractivity contribution in [1.82, 2.24) is 24.8 Å². The lowest BCUT2D eigenvalue weighted by Crippen LogP contribution is -2.36. The maximum atomic E-state index is 12.7. The molecule has 130 valence electrons. The van der Waals surface area contributed by atoms with Gasteiger partial charge < -0.3 is 19.0 Å². The van der Waals surface area contributed by atoms with Gasteiger partial charge in [-0.1, -0.05) is 11.2 Å².